The molecule has 0 amide bonds. The lowest BCUT2D eigenvalue weighted by Crippen LogP contribution is -3.00. The second-order valence-electron chi connectivity index (χ2n) is 6.85. The third kappa shape index (κ3) is 10.1. The van der Waals surface area contributed by atoms with Crippen molar-refractivity contribution in [1.82, 2.24) is 0 Å². The van der Waals surface area contributed by atoms with Crippen molar-refractivity contribution in [3.05, 3.63) is 60.2 Å². The van der Waals surface area contributed by atoms with Crippen LogP contribution in [0.25, 0.3) is 0 Å². The lowest BCUT2D eigenvalue weighted by atomic mass is 10.0. The van der Waals surface area contributed by atoms with Gasteiger partial charge in [-0.15, -0.1) is 0 Å². The molecule has 0 aromatic carbocycles. The van der Waals surface area contributed by atoms with Crippen LogP contribution in [0.1, 0.15) is 67.9 Å². The first-order chi connectivity index (χ1) is 13.7. The van der Waals surface area contributed by atoms with E-state index in [1.807, 2.05) is 58.1 Å². The number of hydrogen-bond acceptors (Lipinski definition) is 4. The third-order valence-electron chi connectivity index (χ3n) is 4.57. The maximum absolute atomic E-state index is 12.4. The topological polar surface area (TPSA) is 66.7 Å². The van der Waals surface area contributed by atoms with Crippen molar-refractivity contribution >= 4 is 12.0 Å². The van der Waals surface area contributed by atoms with E-state index >= 15 is 0 Å². The second-order valence-corrected chi connectivity index (χ2v) is 6.85. The smallest absolute Gasteiger partial charge is 0.258 e. The average Bonchev–Trinajstić information content (AvgIpc) is 2.72. The number of aromatic nitrogens is 2. The summed E-state index contributed by atoms with van der Waals surface area (Å²) in [5.74, 6) is 0.184. The Hall–Kier alpha value is -2.02. The molecular formula is C22H31Cl2N3O3. The molecule has 0 fully saturated rings. The normalized spacial score (nSPS) is 10.4. The number of carbonyl (C=O) groups excluding carboxylic acids is 1. The molecule has 2 heterocycles. The Balaban J connectivity index is 0.00000420. The van der Waals surface area contributed by atoms with Gasteiger partial charge in [-0.2, -0.15) is 9.13 Å². The quantitative estimate of drug-likeness (QED) is 0.0917. The number of ether oxygens (including phenoxy) is 1. The molecule has 0 aliphatic rings. The summed E-state index contributed by atoms with van der Waals surface area (Å²) in [5, 5.41) is 11.8. The van der Waals surface area contributed by atoms with Crippen LogP contribution in [0, 0.1) is 0 Å². The van der Waals surface area contributed by atoms with Crippen molar-refractivity contribution in [3.63, 3.8) is 0 Å². The van der Waals surface area contributed by atoms with Crippen molar-refractivity contribution in [3.8, 4) is 0 Å². The minimum atomic E-state index is 0. The molecule has 166 valence electrons. The predicted octanol–water partition coefficient (Wildman–Crippen LogP) is -2.36. The number of oxime groups is 1. The fourth-order valence-electron chi connectivity index (χ4n) is 3.01. The number of hydrogen-bond donors (Lipinski definition) is 1. The van der Waals surface area contributed by atoms with Gasteiger partial charge in [0.05, 0.1) is 5.56 Å². The van der Waals surface area contributed by atoms with Gasteiger partial charge < -0.3 is 30.0 Å². The summed E-state index contributed by atoms with van der Waals surface area (Å²) in [6, 6.07) is 9.31. The van der Waals surface area contributed by atoms with Gasteiger partial charge in [-0.05, 0) is 18.6 Å². The molecule has 2 aromatic rings. The highest BCUT2D eigenvalue weighted by Gasteiger charge is 2.12. The minimum absolute atomic E-state index is 0. The number of rotatable bonds is 13. The van der Waals surface area contributed by atoms with E-state index in [0.717, 1.165) is 24.1 Å². The molecule has 0 saturated carbocycles. The van der Waals surface area contributed by atoms with Crippen LogP contribution in [0.15, 0.2) is 54.1 Å². The molecule has 6 nitrogen and oxygen atoms in total. The van der Waals surface area contributed by atoms with E-state index in [1.54, 1.807) is 0 Å². The van der Waals surface area contributed by atoms with Gasteiger partial charge in [-0.3, -0.25) is 9.53 Å². The van der Waals surface area contributed by atoms with E-state index in [1.165, 1.54) is 31.9 Å². The Morgan fingerprint density at radius 1 is 1.03 bits per heavy atom. The van der Waals surface area contributed by atoms with E-state index in [0.29, 0.717) is 19.9 Å². The predicted molar refractivity (Wildman–Crippen MR) is 106 cm³/mol. The number of nitrogens with zero attached hydrogens (tertiary/aromatic N) is 3. The van der Waals surface area contributed by atoms with E-state index in [-0.39, 0.29) is 30.6 Å². The zero-order valence-electron chi connectivity index (χ0n) is 17.4. The Morgan fingerprint density at radius 3 is 2.57 bits per heavy atom. The van der Waals surface area contributed by atoms with Crippen LogP contribution < -0.4 is 33.9 Å². The molecule has 2 aromatic heterocycles. The molecule has 0 unspecified atom stereocenters. The summed E-state index contributed by atoms with van der Waals surface area (Å²) < 4.78 is 9.42. The van der Waals surface area contributed by atoms with Gasteiger partial charge in [0.25, 0.3) is 13.5 Å². The van der Waals surface area contributed by atoms with Crippen molar-refractivity contribution in [2.24, 2.45) is 5.16 Å². The molecule has 0 radical (unpaired) electrons. The highest BCUT2D eigenvalue weighted by molar-refractivity contribution is 5.95. The zero-order valence-corrected chi connectivity index (χ0v) is 18.9. The molecule has 0 saturated heterocycles. The molecule has 1 N–H and O–H groups in total. The van der Waals surface area contributed by atoms with Crippen LogP contribution in [0.3, 0.4) is 0 Å². The standard InChI is InChI=1S/C22H30N3O3.2ClH/c1-2-3-4-5-6-7-13-22(26)20-11-10-14-24(17-20)18-28-19-25-15-9-8-12-21(25)16-23-27;;/h8-12,14-17H,2-7,13,18-19H2,1H3;2*1H/q+1;;/p-1. The Kier molecular flexibility index (Phi) is 15.6. The van der Waals surface area contributed by atoms with E-state index in [2.05, 4.69) is 12.1 Å². The van der Waals surface area contributed by atoms with E-state index < -0.39 is 0 Å². The molecule has 2 rings (SSSR count). The Labute approximate surface area is 191 Å². The van der Waals surface area contributed by atoms with Gasteiger partial charge >= 0.3 is 0 Å². The Bertz CT molecular complexity index is 773. The van der Waals surface area contributed by atoms with E-state index in [9.17, 15) is 4.79 Å². The van der Waals surface area contributed by atoms with Crippen LogP contribution in [0.4, 0.5) is 0 Å². The fourth-order valence-corrected chi connectivity index (χ4v) is 3.01. The lowest BCUT2D eigenvalue weighted by molar-refractivity contribution is -0.788. The van der Waals surface area contributed by atoms with E-state index in [4.69, 9.17) is 9.94 Å². The van der Waals surface area contributed by atoms with Crippen LogP contribution >= 0.6 is 0 Å². The number of ketones is 1. The SMILES string of the molecule is CCCCCCCCC(=O)c1ccc[n+](COC[n+]2ccccc2/C=N/O)c1.[Cl-].[Cl-]. The Morgan fingerprint density at radius 2 is 1.80 bits per heavy atom. The van der Waals surface area contributed by atoms with Gasteiger partial charge in [-0.1, -0.05) is 44.2 Å². The fraction of sp³-hybridized carbons (Fsp3) is 0.455. The lowest BCUT2D eigenvalue weighted by Gasteiger charge is -2.03. The number of pyridine rings is 2. The highest BCUT2D eigenvalue weighted by atomic mass is 35.5. The molecule has 0 bridgehead atoms. The highest BCUT2D eigenvalue weighted by Crippen LogP contribution is 2.10. The average molecular weight is 456 g/mol. The molecule has 0 aliphatic heterocycles. The summed E-state index contributed by atoms with van der Waals surface area (Å²) >= 11 is 0. The summed E-state index contributed by atoms with van der Waals surface area (Å²) in [4.78, 5) is 12.4. The van der Waals surface area contributed by atoms with Crippen LogP contribution in [-0.4, -0.2) is 17.2 Å². The van der Waals surface area contributed by atoms with Crippen LogP contribution in [0.2, 0.25) is 0 Å². The first kappa shape index (κ1) is 28.0. The van der Waals surface area contributed by atoms with Gasteiger partial charge in [0.15, 0.2) is 24.4 Å². The number of unbranched alkanes of at least 4 members (excludes halogenated alkanes) is 5. The summed E-state index contributed by atoms with van der Waals surface area (Å²) in [6.45, 7) is 2.85. The summed E-state index contributed by atoms with van der Waals surface area (Å²) in [5.41, 5.74) is 1.46. The molecule has 0 spiro atoms. The summed E-state index contributed by atoms with van der Waals surface area (Å²) in [7, 11) is 0. The first-order valence-corrected chi connectivity index (χ1v) is 10.0. The number of Topliss-reactive ketones (excluding diaryl/α,β-unsaturated/α-hetero) is 1. The van der Waals surface area contributed by atoms with Crippen molar-refractivity contribution in [2.75, 3.05) is 0 Å². The van der Waals surface area contributed by atoms with Crippen LogP contribution in [0.5, 0.6) is 0 Å². The third-order valence-corrected chi connectivity index (χ3v) is 4.57. The maximum Gasteiger partial charge on any atom is 0.258 e. The zero-order chi connectivity index (χ0) is 20.0. The van der Waals surface area contributed by atoms with Gasteiger partial charge in [0.1, 0.15) is 6.21 Å². The van der Waals surface area contributed by atoms with Gasteiger partial charge in [0.2, 0.25) is 5.69 Å². The molecule has 0 aliphatic carbocycles. The monoisotopic (exact) mass is 455 g/mol. The second kappa shape index (κ2) is 16.7. The van der Waals surface area contributed by atoms with Crippen LogP contribution in [-0.2, 0) is 18.2 Å². The molecular weight excluding hydrogens is 425 g/mol. The number of halogens is 2. The minimum Gasteiger partial charge on any atom is -1.00 e. The first-order valence-electron chi connectivity index (χ1n) is 10.0. The van der Waals surface area contributed by atoms with Crippen molar-refractivity contribution in [2.45, 2.75) is 65.3 Å². The largest absolute Gasteiger partial charge is 1.00 e. The van der Waals surface area contributed by atoms with Gasteiger partial charge in [0, 0.05) is 24.6 Å². The number of carbonyl (C=O) groups is 1. The summed E-state index contributed by atoms with van der Waals surface area (Å²) in [6.07, 6.45) is 14.6. The van der Waals surface area contributed by atoms with Crippen molar-refractivity contribution in [1.29, 1.82) is 0 Å². The molecule has 0 atom stereocenters. The molecule has 8 heteroatoms. The maximum atomic E-state index is 12.4. The van der Waals surface area contributed by atoms with Gasteiger partial charge in [-0.25, -0.2) is 0 Å². The van der Waals surface area contributed by atoms with Crippen molar-refractivity contribution < 1.29 is 48.7 Å². The molecule has 30 heavy (non-hydrogen) atoms.